The fourth-order valence-corrected chi connectivity index (χ4v) is 1.99. The molecule has 134 valence electrons. The molecule has 1 aromatic carbocycles. The molecule has 0 bridgehead atoms. The Bertz CT molecular complexity index is 655. The summed E-state index contributed by atoms with van der Waals surface area (Å²) in [7, 11) is -1.82. The van der Waals surface area contributed by atoms with E-state index in [0.29, 0.717) is 16.5 Å². The highest BCUT2D eigenvalue weighted by molar-refractivity contribution is 6.50. The van der Waals surface area contributed by atoms with Crippen molar-refractivity contribution in [2.45, 2.75) is 20.4 Å². The maximum absolute atomic E-state index is 11.9. The summed E-state index contributed by atoms with van der Waals surface area (Å²) in [6, 6.07) is 6.73. The summed E-state index contributed by atoms with van der Waals surface area (Å²) in [5.74, 6) is -0.897. The van der Waals surface area contributed by atoms with Crippen molar-refractivity contribution in [3.05, 3.63) is 47.2 Å². The van der Waals surface area contributed by atoms with E-state index < -0.39 is 20.6 Å². The van der Waals surface area contributed by atoms with Crippen LogP contribution in [-0.2, 0) is 23.5 Å². The lowest BCUT2D eigenvalue weighted by molar-refractivity contribution is -0.146. The number of hydrogen-bond acceptors (Lipinski definition) is 6. The topological polar surface area (TPSA) is 78.9 Å². The van der Waals surface area contributed by atoms with Gasteiger partial charge < -0.3 is 18.7 Å². The molecule has 7 heteroatoms. The van der Waals surface area contributed by atoms with Gasteiger partial charge in [-0.15, -0.1) is 0 Å². The molecule has 0 radical (unpaired) electrons. The summed E-state index contributed by atoms with van der Waals surface area (Å²) in [6.45, 7) is 9.12. The van der Waals surface area contributed by atoms with Crippen LogP contribution in [0.15, 0.2) is 41.6 Å². The molecule has 0 fully saturated rings. The van der Waals surface area contributed by atoms with Crippen LogP contribution in [0, 0.1) is 0 Å². The standard InChI is InChI=1S/C18H22O6Si/c1-5-22-17(19)16(18(20)23-6-2)11-14-7-9-15(10-8-14)24-12-13(3)25(4)21/h7-11H,3,5-6,12H2,1-2,4H3. The molecule has 0 aliphatic heterocycles. The Balaban J connectivity index is 2.90. The molecule has 0 amide bonds. The van der Waals surface area contributed by atoms with Gasteiger partial charge in [0.05, 0.1) is 13.2 Å². The Morgan fingerprint density at radius 3 is 2.04 bits per heavy atom. The van der Waals surface area contributed by atoms with Gasteiger partial charge in [-0.3, -0.25) is 0 Å². The van der Waals surface area contributed by atoms with Gasteiger partial charge in [-0.2, -0.15) is 0 Å². The third-order valence-corrected chi connectivity index (χ3v) is 4.23. The molecule has 25 heavy (non-hydrogen) atoms. The first-order valence-electron chi connectivity index (χ1n) is 7.86. The molecule has 0 aliphatic carbocycles. The van der Waals surface area contributed by atoms with E-state index in [1.807, 2.05) is 0 Å². The summed E-state index contributed by atoms with van der Waals surface area (Å²) in [4.78, 5) is 23.8. The molecule has 0 unspecified atom stereocenters. The van der Waals surface area contributed by atoms with Crippen molar-refractivity contribution in [2.75, 3.05) is 19.8 Å². The van der Waals surface area contributed by atoms with E-state index in [4.69, 9.17) is 14.2 Å². The normalized spacial score (nSPS) is 9.72. The Hall–Kier alpha value is -2.54. The first kappa shape index (κ1) is 20.5. The van der Waals surface area contributed by atoms with Crippen molar-refractivity contribution in [3.63, 3.8) is 0 Å². The molecule has 0 atom stereocenters. The largest absolute Gasteiger partial charge is 0.489 e. The van der Waals surface area contributed by atoms with Crippen molar-refractivity contribution < 1.29 is 28.3 Å². The average Bonchev–Trinajstić information content (AvgIpc) is 2.58. The third-order valence-electron chi connectivity index (χ3n) is 3.09. The number of ether oxygens (including phenoxy) is 3. The predicted molar refractivity (Wildman–Crippen MR) is 94.6 cm³/mol. The number of hydrogen-bond donors (Lipinski definition) is 0. The van der Waals surface area contributed by atoms with Gasteiger partial charge in [-0.1, -0.05) is 18.7 Å². The van der Waals surface area contributed by atoms with Crippen LogP contribution in [0.4, 0.5) is 0 Å². The monoisotopic (exact) mass is 362 g/mol. The van der Waals surface area contributed by atoms with Gasteiger partial charge in [0, 0.05) is 5.20 Å². The third kappa shape index (κ3) is 6.84. The summed E-state index contributed by atoms with van der Waals surface area (Å²) in [5, 5.41) is 0.556. The maximum atomic E-state index is 11.9. The summed E-state index contributed by atoms with van der Waals surface area (Å²) < 4.78 is 26.5. The van der Waals surface area contributed by atoms with Crippen molar-refractivity contribution in [1.82, 2.24) is 0 Å². The van der Waals surface area contributed by atoms with Crippen LogP contribution in [0.3, 0.4) is 0 Å². The lowest BCUT2D eigenvalue weighted by Crippen LogP contribution is -2.18. The van der Waals surface area contributed by atoms with E-state index in [1.165, 1.54) is 6.08 Å². The fraction of sp³-hybridized carbons (Fsp3) is 0.333. The highest BCUT2D eigenvalue weighted by Crippen LogP contribution is 2.16. The summed E-state index contributed by atoms with van der Waals surface area (Å²) in [6.07, 6.45) is 1.41. The van der Waals surface area contributed by atoms with Gasteiger partial charge in [0.15, 0.2) is 0 Å². The van der Waals surface area contributed by atoms with E-state index in [0.717, 1.165) is 0 Å². The maximum Gasteiger partial charge on any atom is 0.345 e. The van der Waals surface area contributed by atoms with E-state index in [9.17, 15) is 14.1 Å². The van der Waals surface area contributed by atoms with Crippen molar-refractivity contribution in [1.29, 1.82) is 0 Å². The van der Waals surface area contributed by atoms with Gasteiger partial charge in [0.25, 0.3) is 0 Å². The van der Waals surface area contributed by atoms with Gasteiger partial charge >= 0.3 is 20.6 Å². The fourth-order valence-electron chi connectivity index (χ4n) is 1.72. The van der Waals surface area contributed by atoms with Crippen molar-refractivity contribution in [2.24, 2.45) is 0 Å². The van der Waals surface area contributed by atoms with Crippen LogP contribution < -0.4 is 4.74 Å². The zero-order chi connectivity index (χ0) is 18.8. The van der Waals surface area contributed by atoms with Crippen LogP contribution in [-0.4, -0.2) is 40.4 Å². The number of carbonyl (C=O) groups is 2. The number of benzene rings is 1. The van der Waals surface area contributed by atoms with Crippen LogP contribution in [0.5, 0.6) is 5.75 Å². The van der Waals surface area contributed by atoms with Crippen molar-refractivity contribution >= 4 is 26.7 Å². The van der Waals surface area contributed by atoms with E-state index >= 15 is 0 Å². The second-order valence-corrected chi connectivity index (χ2v) is 6.84. The first-order chi connectivity index (χ1) is 11.9. The van der Waals surface area contributed by atoms with Gasteiger partial charge in [0.2, 0.25) is 0 Å². The van der Waals surface area contributed by atoms with E-state index in [1.54, 1.807) is 44.7 Å². The second-order valence-electron chi connectivity index (χ2n) is 5.02. The Kier molecular flexibility index (Phi) is 8.49. The second kappa shape index (κ2) is 10.3. The van der Waals surface area contributed by atoms with Crippen molar-refractivity contribution in [3.8, 4) is 5.75 Å². The van der Waals surface area contributed by atoms with E-state index in [-0.39, 0.29) is 25.4 Å². The van der Waals surface area contributed by atoms with Crippen LogP contribution in [0.2, 0.25) is 6.55 Å². The lowest BCUT2D eigenvalue weighted by Gasteiger charge is -2.08. The summed E-state index contributed by atoms with van der Waals surface area (Å²) in [5.41, 5.74) is 0.446. The molecule has 1 aromatic rings. The zero-order valence-electron chi connectivity index (χ0n) is 14.7. The smallest absolute Gasteiger partial charge is 0.345 e. The van der Waals surface area contributed by atoms with Crippen LogP contribution in [0.25, 0.3) is 6.08 Å². The lowest BCUT2D eigenvalue weighted by atomic mass is 10.1. The highest BCUT2D eigenvalue weighted by Gasteiger charge is 2.20. The minimum absolute atomic E-state index is 0.160. The van der Waals surface area contributed by atoms with Gasteiger partial charge in [0.1, 0.15) is 17.9 Å². The molecule has 0 saturated carbocycles. The molecular formula is C18H22O6Si. The number of carbonyl (C=O) groups excluding carboxylic acids is 2. The SMILES string of the molecule is C=C(COc1ccc(C=C(C(=O)OCC)C(=O)OCC)cc1)[Si](C)=O. The molecular weight excluding hydrogens is 340 g/mol. The molecule has 0 N–H and O–H groups in total. The Morgan fingerprint density at radius 2 is 1.60 bits per heavy atom. The first-order valence-corrected chi connectivity index (χ1v) is 9.77. The zero-order valence-corrected chi connectivity index (χ0v) is 15.7. The number of rotatable bonds is 9. The Labute approximate surface area is 148 Å². The Morgan fingerprint density at radius 1 is 1.08 bits per heavy atom. The summed E-state index contributed by atoms with van der Waals surface area (Å²) >= 11 is 0. The molecule has 0 spiro atoms. The molecule has 1 rings (SSSR count). The predicted octanol–water partition coefficient (Wildman–Crippen LogP) is 2.72. The van der Waals surface area contributed by atoms with Gasteiger partial charge in [-0.05, 0) is 44.2 Å². The molecule has 0 saturated heterocycles. The quantitative estimate of drug-likeness (QED) is 0.221. The molecule has 0 aromatic heterocycles. The minimum atomic E-state index is -1.82. The molecule has 6 nitrogen and oxygen atoms in total. The van der Waals surface area contributed by atoms with E-state index in [2.05, 4.69) is 6.58 Å². The van der Waals surface area contributed by atoms with Crippen LogP contribution >= 0.6 is 0 Å². The average molecular weight is 362 g/mol. The highest BCUT2D eigenvalue weighted by atomic mass is 28.3. The van der Waals surface area contributed by atoms with Crippen LogP contribution in [0.1, 0.15) is 19.4 Å². The number of esters is 2. The molecule has 0 heterocycles. The molecule has 0 aliphatic rings. The minimum Gasteiger partial charge on any atom is -0.489 e. The van der Waals surface area contributed by atoms with Gasteiger partial charge in [-0.25, -0.2) is 9.59 Å².